The van der Waals surface area contributed by atoms with Gasteiger partial charge in [-0.25, -0.2) is 4.79 Å². The van der Waals surface area contributed by atoms with E-state index in [-0.39, 0.29) is 12.3 Å². The van der Waals surface area contributed by atoms with E-state index in [0.29, 0.717) is 22.1 Å². The van der Waals surface area contributed by atoms with Crippen LogP contribution in [0.25, 0.3) is 0 Å². The molecule has 0 aliphatic carbocycles. The quantitative estimate of drug-likeness (QED) is 0.807. The molecule has 0 spiro atoms. The van der Waals surface area contributed by atoms with E-state index in [1.807, 2.05) is 0 Å². The highest BCUT2D eigenvalue weighted by molar-refractivity contribution is 6.31. The average molecular weight is 316 g/mol. The van der Waals surface area contributed by atoms with Crippen LogP contribution in [0.4, 0.5) is 0 Å². The van der Waals surface area contributed by atoms with Gasteiger partial charge in [0.15, 0.2) is 11.5 Å². The summed E-state index contributed by atoms with van der Waals surface area (Å²) in [4.78, 5) is 22.9. The predicted octanol–water partition coefficient (Wildman–Crippen LogP) is 1.58. The van der Waals surface area contributed by atoms with Crippen molar-refractivity contribution in [1.82, 2.24) is 5.32 Å². The second kappa shape index (κ2) is 7.73. The van der Waals surface area contributed by atoms with Crippen molar-refractivity contribution in [3.8, 4) is 11.5 Å². The monoisotopic (exact) mass is 315 g/mol. The maximum Gasteiger partial charge on any atom is 0.328 e. The van der Waals surface area contributed by atoms with Crippen LogP contribution in [0.3, 0.4) is 0 Å². The van der Waals surface area contributed by atoms with E-state index in [1.165, 1.54) is 28.3 Å². The molecule has 1 aromatic carbocycles. The summed E-state index contributed by atoms with van der Waals surface area (Å²) in [5, 5.41) is 2.94. The molecule has 1 aromatic rings. The van der Waals surface area contributed by atoms with E-state index in [0.717, 1.165) is 0 Å². The fourth-order valence-electron chi connectivity index (χ4n) is 1.85. The van der Waals surface area contributed by atoms with Gasteiger partial charge in [-0.1, -0.05) is 11.6 Å². The van der Waals surface area contributed by atoms with Crippen molar-refractivity contribution in [3.63, 3.8) is 0 Å². The molecule has 1 atom stereocenters. The molecular weight excluding hydrogens is 298 g/mol. The Morgan fingerprint density at radius 3 is 2.24 bits per heavy atom. The molecule has 1 N–H and O–H groups in total. The van der Waals surface area contributed by atoms with Crippen LogP contribution in [-0.4, -0.2) is 39.2 Å². The molecule has 0 bridgehead atoms. The first kappa shape index (κ1) is 17.1. The van der Waals surface area contributed by atoms with Crippen molar-refractivity contribution >= 4 is 23.5 Å². The summed E-state index contributed by atoms with van der Waals surface area (Å²) >= 11 is 6.17. The molecule has 0 unspecified atom stereocenters. The SMILES string of the molecule is COC(=O)[C@H](Cc1cc(OC)c(OC)cc1Cl)NC(C)=O. The Labute approximate surface area is 128 Å². The predicted molar refractivity (Wildman–Crippen MR) is 77.9 cm³/mol. The number of esters is 1. The largest absolute Gasteiger partial charge is 0.493 e. The van der Waals surface area contributed by atoms with Gasteiger partial charge in [-0.2, -0.15) is 0 Å². The number of halogens is 1. The standard InChI is InChI=1S/C14H18ClNO5/c1-8(17)16-11(14(18)21-4)5-9-6-12(19-2)13(20-3)7-10(9)15/h6-7,11H,5H2,1-4H3,(H,16,17)/t11-/m0/s1. The molecule has 0 aliphatic rings. The second-order valence-electron chi connectivity index (χ2n) is 4.28. The topological polar surface area (TPSA) is 73.9 Å². The fraction of sp³-hybridized carbons (Fsp3) is 0.429. The van der Waals surface area contributed by atoms with Gasteiger partial charge in [0.05, 0.1) is 21.3 Å². The van der Waals surface area contributed by atoms with Crippen LogP contribution in [0.15, 0.2) is 12.1 Å². The van der Waals surface area contributed by atoms with Gasteiger partial charge in [-0.15, -0.1) is 0 Å². The number of ether oxygens (including phenoxy) is 3. The summed E-state index contributed by atoms with van der Waals surface area (Å²) in [6.45, 7) is 1.33. The molecule has 1 rings (SSSR count). The third-order valence-corrected chi connectivity index (χ3v) is 3.19. The molecule has 0 fully saturated rings. The zero-order valence-corrected chi connectivity index (χ0v) is 13.1. The molecule has 0 saturated heterocycles. The lowest BCUT2D eigenvalue weighted by Gasteiger charge is -2.17. The summed E-state index contributed by atoms with van der Waals surface area (Å²) in [5.74, 6) is 0.0989. The van der Waals surface area contributed by atoms with Crippen LogP contribution in [0.5, 0.6) is 11.5 Å². The van der Waals surface area contributed by atoms with E-state index in [4.69, 9.17) is 21.1 Å². The van der Waals surface area contributed by atoms with Crippen molar-refractivity contribution in [2.24, 2.45) is 0 Å². The van der Waals surface area contributed by atoms with E-state index >= 15 is 0 Å². The van der Waals surface area contributed by atoms with Crippen LogP contribution < -0.4 is 14.8 Å². The van der Waals surface area contributed by atoms with Crippen molar-refractivity contribution in [2.45, 2.75) is 19.4 Å². The van der Waals surface area contributed by atoms with Gasteiger partial charge >= 0.3 is 5.97 Å². The smallest absolute Gasteiger partial charge is 0.328 e. The highest BCUT2D eigenvalue weighted by atomic mass is 35.5. The number of benzene rings is 1. The summed E-state index contributed by atoms with van der Waals surface area (Å²) in [6, 6.07) is 2.44. The average Bonchev–Trinajstić information content (AvgIpc) is 2.46. The molecule has 116 valence electrons. The van der Waals surface area contributed by atoms with Crippen LogP contribution in [0.1, 0.15) is 12.5 Å². The Bertz CT molecular complexity index is 532. The number of carbonyl (C=O) groups is 2. The Morgan fingerprint density at radius 2 is 1.76 bits per heavy atom. The minimum atomic E-state index is -0.817. The van der Waals surface area contributed by atoms with E-state index in [9.17, 15) is 9.59 Å². The zero-order valence-electron chi connectivity index (χ0n) is 12.4. The number of nitrogens with one attached hydrogen (secondary N) is 1. The van der Waals surface area contributed by atoms with Gasteiger partial charge in [-0.05, 0) is 11.6 Å². The molecule has 0 radical (unpaired) electrons. The summed E-state index contributed by atoms with van der Waals surface area (Å²) < 4.78 is 15.0. The normalized spacial score (nSPS) is 11.5. The van der Waals surface area contributed by atoms with Gasteiger partial charge in [0.1, 0.15) is 6.04 Å². The molecule has 7 heteroatoms. The van der Waals surface area contributed by atoms with E-state index < -0.39 is 12.0 Å². The van der Waals surface area contributed by atoms with Gasteiger partial charge in [-0.3, -0.25) is 4.79 Å². The lowest BCUT2D eigenvalue weighted by Crippen LogP contribution is -2.42. The molecule has 0 aliphatic heterocycles. The van der Waals surface area contributed by atoms with Gasteiger partial charge in [0, 0.05) is 24.4 Å². The van der Waals surface area contributed by atoms with Crippen molar-refractivity contribution in [1.29, 1.82) is 0 Å². The van der Waals surface area contributed by atoms with Crippen LogP contribution in [-0.2, 0) is 20.7 Å². The van der Waals surface area contributed by atoms with E-state index in [1.54, 1.807) is 12.1 Å². The maximum atomic E-state index is 11.7. The second-order valence-corrected chi connectivity index (χ2v) is 4.69. The lowest BCUT2D eigenvalue weighted by molar-refractivity contribution is -0.144. The minimum absolute atomic E-state index is 0.186. The molecular formula is C14H18ClNO5. The van der Waals surface area contributed by atoms with Gasteiger partial charge in [0.25, 0.3) is 0 Å². The van der Waals surface area contributed by atoms with Crippen LogP contribution >= 0.6 is 11.6 Å². The third-order valence-electron chi connectivity index (χ3n) is 2.84. The maximum absolute atomic E-state index is 11.7. The summed E-state index contributed by atoms with van der Waals surface area (Å²) in [6.07, 6.45) is 0.186. The van der Waals surface area contributed by atoms with Crippen molar-refractivity contribution in [3.05, 3.63) is 22.7 Å². The number of methoxy groups -OCH3 is 3. The number of amides is 1. The Balaban J connectivity index is 3.08. The van der Waals surface area contributed by atoms with Gasteiger partial charge in [0.2, 0.25) is 5.91 Å². The summed E-state index contributed by atoms with van der Waals surface area (Å²) in [7, 11) is 4.26. The van der Waals surface area contributed by atoms with Crippen LogP contribution in [0, 0.1) is 0 Å². The Morgan fingerprint density at radius 1 is 1.19 bits per heavy atom. The number of rotatable bonds is 6. The minimum Gasteiger partial charge on any atom is -0.493 e. The summed E-state index contributed by atoms with van der Waals surface area (Å²) in [5.41, 5.74) is 0.637. The number of hydrogen-bond donors (Lipinski definition) is 1. The first-order chi connectivity index (χ1) is 9.92. The zero-order chi connectivity index (χ0) is 16.0. The molecule has 21 heavy (non-hydrogen) atoms. The van der Waals surface area contributed by atoms with Gasteiger partial charge < -0.3 is 19.5 Å². The Kier molecular flexibility index (Phi) is 6.30. The van der Waals surface area contributed by atoms with Crippen LogP contribution in [0.2, 0.25) is 5.02 Å². The molecule has 6 nitrogen and oxygen atoms in total. The van der Waals surface area contributed by atoms with Crippen molar-refractivity contribution in [2.75, 3.05) is 21.3 Å². The fourth-order valence-corrected chi connectivity index (χ4v) is 2.08. The van der Waals surface area contributed by atoms with E-state index in [2.05, 4.69) is 10.1 Å². The first-order valence-electron chi connectivity index (χ1n) is 6.18. The lowest BCUT2D eigenvalue weighted by atomic mass is 10.0. The highest BCUT2D eigenvalue weighted by Gasteiger charge is 2.22. The molecule has 0 saturated carbocycles. The third kappa shape index (κ3) is 4.53. The first-order valence-corrected chi connectivity index (χ1v) is 6.56. The molecule has 1 amide bonds. The number of hydrogen-bond acceptors (Lipinski definition) is 5. The van der Waals surface area contributed by atoms with Crippen molar-refractivity contribution < 1.29 is 23.8 Å². The molecule has 0 heterocycles. The highest BCUT2D eigenvalue weighted by Crippen LogP contribution is 2.33. The molecule has 0 aromatic heterocycles. The number of carbonyl (C=O) groups excluding carboxylic acids is 2. The Hall–Kier alpha value is -1.95.